The standard InChI is InChI=1S/C15H16N2O4S2/c1-9(2)23(20)13-8-16-15(22-13)17-14(19)11-4-6-12(7-5-11)21-10(3)18/h4-9H,1-3H3,(H,16,17,19)/i4D,5D,6D,7D. The number of thiazole rings is 1. The van der Waals surface area contributed by atoms with Gasteiger partial charge in [-0.25, -0.2) is 4.98 Å². The van der Waals surface area contributed by atoms with Crippen molar-refractivity contribution < 1.29 is 24.0 Å². The van der Waals surface area contributed by atoms with Gasteiger partial charge in [0.05, 0.1) is 22.5 Å². The summed E-state index contributed by atoms with van der Waals surface area (Å²) in [6.45, 7) is 4.62. The zero-order valence-corrected chi connectivity index (χ0v) is 14.2. The van der Waals surface area contributed by atoms with Crippen LogP contribution in [0, 0.1) is 0 Å². The van der Waals surface area contributed by atoms with Gasteiger partial charge in [0, 0.05) is 17.7 Å². The second-order valence-corrected chi connectivity index (χ2v) is 7.85. The van der Waals surface area contributed by atoms with Crippen molar-refractivity contribution in [1.29, 1.82) is 0 Å². The van der Waals surface area contributed by atoms with Crippen LogP contribution in [0.25, 0.3) is 0 Å². The summed E-state index contributed by atoms with van der Waals surface area (Å²) < 4.78 is 48.8. The Bertz CT molecular complexity index is 917. The molecule has 1 aromatic carbocycles. The molecule has 0 saturated heterocycles. The topological polar surface area (TPSA) is 85.4 Å². The lowest BCUT2D eigenvalue weighted by atomic mass is 10.2. The van der Waals surface area contributed by atoms with Gasteiger partial charge in [0.25, 0.3) is 5.91 Å². The van der Waals surface area contributed by atoms with Gasteiger partial charge in [-0.1, -0.05) is 25.2 Å². The van der Waals surface area contributed by atoms with E-state index < -0.39 is 58.2 Å². The number of esters is 1. The van der Waals surface area contributed by atoms with Crippen LogP contribution >= 0.6 is 11.3 Å². The van der Waals surface area contributed by atoms with Crippen LogP contribution in [0.1, 0.15) is 36.6 Å². The molecule has 23 heavy (non-hydrogen) atoms. The molecule has 122 valence electrons. The number of hydrogen-bond donors (Lipinski definition) is 1. The Kier molecular flexibility index (Phi) is 4.02. The summed E-state index contributed by atoms with van der Waals surface area (Å²) in [5.74, 6) is -2.25. The average Bonchev–Trinajstić information content (AvgIpc) is 3.04. The van der Waals surface area contributed by atoms with Crippen LogP contribution in [0.3, 0.4) is 0 Å². The van der Waals surface area contributed by atoms with Crippen molar-refractivity contribution in [2.75, 3.05) is 5.32 Å². The number of hydrogen-bond acceptors (Lipinski definition) is 6. The molecular formula is C15H16N2O4S2. The summed E-state index contributed by atoms with van der Waals surface area (Å²) in [6, 6.07) is -2.58. The number of carbonyl (C=O) groups is 2. The highest BCUT2D eigenvalue weighted by Crippen LogP contribution is 2.24. The number of anilines is 1. The summed E-state index contributed by atoms with van der Waals surface area (Å²) in [6.07, 6.45) is 1.37. The van der Waals surface area contributed by atoms with Gasteiger partial charge in [-0.15, -0.1) is 0 Å². The second kappa shape index (κ2) is 7.47. The minimum atomic E-state index is -1.28. The predicted octanol–water partition coefficient (Wildman–Crippen LogP) is 2.84. The van der Waals surface area contributed by atoms with Crippen molar-refractivity contribution in [3.05, 3.63) is 35.9 Å². The van der Waals surface area contributed by atoms with Crippen molar-refractivity contribution in [3.8, 4) is 5.75 Å². The van der Waals surface area contributed by atoms with Crippen molar-refractivity contribution in [2.45, 2.75) is 30.2 Å². The van der Waals surface area contributed by atoms with Gasteiger partial charge in [0.1, 0.15) is 9.96 Å². The Balaban J connectivity index is 2.37. The summed E-state index contributed by atoms with van der Waals surface area (Å²) in [7, 11) is -1.28. The Hall–Kier alpha value is -2.06. The van der Waals surface area contributed by atoms with Crippen molar-refractivity contribution in [1.82, 2.24) is 4.98 Å². The number of nitrogens with one attached hydrogen (secondary N) is 1. The van der Waals surface area contributed by atoms with Gasteiger partial charge in [-0.3, -0.25) is 19.1 Å². The lowest BCUT2D eigenvalue weighted by Crippen LogP contribution is -2.11. The zero-order valence-electron chi connectivity index (χ0n) is 16.6. The van der Waals surface area contributed by atoms with E-state index in [0.29, 0.717) is 4.21 Å². The van der Waals surface area contributed by atoms with Crippen LogP contribution in [-0.4, -0.2) is 26.3 Å². The Morgan fingerprint density at radius 2 is 2.00 bits per heavy atom. The van der Waals surface area contributed by atoms with Crippen LogP contribution in [-0.2, 0) is 15.6 Å². The molecule has 1 N–H and O–H groups in total. The van der Waals surface area contributed by atoms with Crippen molar-refractivity contribution >= 4 is 39.1 Å². The van der Waals surface area contributed by atoms with Crippen molar-refractivity contribution in [3.63, 3.8) is 0 Å². The number of amides is 1. The molecule has 1 amide bonds. The van der Waals surface area contributed by atoms with Gasteiger partial charge >= 0.3 is 5.97 Å². The molecule has 1 heterocycles. The monoisotopic (exact) mass is 356 g/mol. The summed E-state index contributed by atoms with van der Waals surface area (Å²) >= 11 is 0.995. The lowest BCUT2D eigenvalue weighted by Gasteiger charge is -2.04. The maximum atomic E-state index is 12.5. The molecule has 1 aromatic heterocycles. The summed E-state index contributed by atoms with van der Waals surface area (Å²) in [5, 5.41) is 2.38. The number of carbonyl (C=O) groups excluding carboxylic acids is 2. The number of rotatable bonds is 5. The molecule has 1 unspecified atom stereocenters. The molecule has 0 radical (unpaired) electrons. The van der Waals surface area contributed by atoms with Crippen LogP contribution < -0.4 is 10.1 Å². The molecule has 0 bridgehead atoms. The SMILES string of the molecule is [2H]c1c([2H])c(C(=O)Nc2ncc(S(=O)C(C)C)s2)c([2H])c([2H])c1OC(C)=O. The maximum absolute atomic E-state index is 12.5. The van der Waals surface area contributed by atoms with Crippen LogP contribution in [0.4, 0.5) is 5.13 Å². The van der Waals surface area contributed by atoms with Gasteiger partial charge < -0.3 is 4.74 Å². The third-order valence-corrected chi connectivity index (χ3v) is 5.21. The first-order valence-electron chi connectivity index (χ1n) is 8.51. The fourth-order valence-corrected chi connectivity index (χ4v) is 3.72. The highest BCUT2D eigenvalue weighted by atomic mass is 32.2. The van der Waals surface area contributed by atoms with Gasteiger partial charge in [-0.2, -0.15) is 0 Å². The van der Waals surface area contributed by atoms with Crippen LogP contribution in [0.15, 0.2) is 34.6 Å². The zero-order chi connectivity index (χ0) is 20.5. The molecule has 8 heteroatoms. The van der Waals surface area contributed by atoms with E-state index in [4.69, 9.17) is 10.2 Å². The molecule has 0 aliphatic carbocycles. The largest absolute Gasteiger partial charge is 0.427 e. The Morgan fingerprint density at radius 1 is 1.35 bits per heavy atom. The fourth-order valence-electron chi connectivity index (χ4n) is 1.41. The normalized spacial score (nSPS) is 14.4. The minimum Gasteiger partial charge on any atom is -0.427 e. The number of ether oxygens (including phenoxy) is 1. The van der Waals surface area contributed by atoms with E-state index in [-0.39, 0.29) is 10.4 Å². The molecule has 0 aliphatic rings. The first-order valence-corrected chi connectivity index (χ1v) is 8.54. The van der Waals surface area contributed by atoms with E-state index in [1.807, 2.05) is 0 Å². The first-order chi connectivity index (χ1) is 12.5. The van der Waals surface area contributed by atoms with E-state index >= 15 is 0 Å². The molecule has 0 saturated carbocycles. The summed E-state index contributed by atoms with van der Waals surface area (Å²) in [4.78, 5) is 27.5. The predicted molar refractivity (Wildman–Crippen MR) is 89.4 cm³/mol. The molecule has 0 aliphatic heterocycles. The van der Waals surface area contributed by atoms with Crippen LogP contribution in [0.5, 0.6) is 5.75 Å². The molecule has 2 rings (SSSR count). The van der Waals surface area contributed by atoms with Gasteiger partial charge in [0.2, 0.25) is 0 Å². The number of benzene rings is 1. The molecule has 0 spiro atoms. The molecule has 0 fully saturated rings. The quantitative estimate of drug-likeness (QED) is 0.658. The third-order valence-electron chi connectivity index (χ3n) is 2.41. The average molecular weight is 356 g/mol. The Labute approximate surface area is 146 Å². The smallest absolute Gasteiger partial charge is 0.308 e. The van der Waals surface area contributed by atoms with Crippen molar-refractivity contribution in [2.24, 2.45) is 0 Å². The number of aromatic nitrogens is 1. The van der Waals surface area contributed by atoms with E-state index in [2.05, 4.69) is 10.3 Å². The van der Waals surface area contributed by atoms with Gasteiger partial charge in [-0.05, 0) is 24.2 Å². The molecule has 1 atom stereocenters. The maximum Gasteiger partial charge on any atom is 0.308 e. The van der Waals surface area contributed by atoms with E-state index in [1.54, 1.807) is 13.8 Å². The lowest BCUT2D eigenvalue weighted by molar-refractivity contribution is -0.131. The minimum absolute atomic E-state index is 0.116. The first kappa shape index (κ1) is 12.4. The van der Waals surface area contributed by atoms with E-state index in [1.165, 1.54) is 6.20 Å². The fraction of sp³-hybridized carbons (Fsp3) is 0.267. The molecular weight excluding hydrogens is 336 g/mol. The summed E-state index contributed by atoms with van der Waals surface area (Å²) in [5.41, 5.74) is -0.511. The highest BCUT2D eigenvalue weighted by Gasteiger charge is 2.14. The van der Waals surface area contributed by atoms with Crippen LogP contribution in [0.2, 0.25) is 0 Å². The molecule has 6 nitrogen and oxygen atoms in total. The molecule has 2 aromatic rings. The van der Waals surface area contributed by atoms with Gasteiger partial charge in [0.15, 0.2) is 5.13 Å². The van der Waals surface area contributed by atoms with E-state index in [0.717, 1.165) is 18.3 Å². The third kappa shape index (κ3) is 4.70. The second-order valence-electron chi connectivity index (χ2n) is 4.58. The van der Waals surface area contributed by atoms with E-state index in [9.17, 15) is 13.8 Å². The number of nitrogens with zero attached hydrogens (tertiary/aromatic N) is 1. The Morgan fingerprint density at radius 3 is 2.57 bits per heavy atom. The highest BCUT2D eigenvalue weighted by molar-refractivity contribution is 7.88.